The van der Waals surface area contributed by atoms with Gasteiger partial charge < -0.3 is 10.1 Å². The smallest absolute Gasteiger partial charge is 0.270 e. The Hall–Kier alpha value is -4.94. The van der Waals surface area contributed by atoms with Gasteiger partial charge in [0, 0.05) is 22.2 Å². The van der Waals surface area contributed by atoms with Crippen LogP contribution in [0.25, 0.3) is 28.2 Å². The van der Waals surface area contributed by atoms with Crippen molar-refractivity contribution in [2.24, 2.45) is 0 Å². The van der Waals surface area contributed by atoms with E-state index in [4.69, 9.17) is 26.4 Å². The van der Waals surface area contributed by atoms with Gasteiger partial charge in [-0.1, -0.05) is 96.5 Å². The van der Waals surface area contributed by atoms with E-state index in [0.717, 1.165) is 22.3 Å². The Bertz CT molecular complexity index is 1750. The van der Waals surface area contributed by atoms with Crippen molar-refractivity contribution in [3.8, 4) is 28.3 Å². The Morgan fingerprint density at radius 3 is 2.08 bits per heavy atom. The van der Waals surface area contributed by atoms with E-state index >= 15 is 0 Å². The van der Waals surface area contributed by atoms with Crippen LogP contribution < -0.4 is 10.1 Å². The van der Waals surface area contributed by atoms with E-state index in [1.165, 1.54) is 0 Å². The minimum atomic E-state index is -0.362. The molecule has 0 saturated carbocycles. The van der Waals surface area contributed by atoms with Crippen molar-refractivity contribution < 1.29 is 9.53 Å². The molecule has 0 radical (unpaired) electrons. The molecule has 4 aromatic carbocycles. The number of hydrogen-bond donors (Lipinski definition) is 1. The van der Waals surface area contributed by atoms with Crippen molar-refractivity contribution in [3.63, 3.8) is 0 Å². The highest BCUT2D eigenvalue weighted by Crippen LogP contribution is 2.31. The van der Waals surface area contributed by atoms with Gasteiger partial charge in [0.15, 0.2) is 5.65 Å². The van der Waals surface area contributed by atoms with Gasteiger partial charge in [-0.05, 0) is 41.5 Å². The van der Waals surface area contributed by atoms with Crippen molar-refractivity contribution in [2.75, 3.05) is 7.11 Å². The lowest BCUT2D eigenvalue weighted by atomic mass is 9.98. The Morgan fingerprint density at radius 1 is 0.800 bits per heavy atom. The highest BCUT2D eigenvalue weighted by molar-refractivity contribution is 6.30. The maximum atomic E-state index is 14.1. The normalized spacial score (nSPS) is 11.1. The molecule has 1 N–H and O–H groups in total. The van der Waals surface area contributed by atoms with Crippen LogP contribution in [0.2, 0.25) is 5.02 Å². The van der Waals surface area contributed by atoms with Crippen molar-refractivity contribution >= 4 is 23.2 Å². The van der Waals surface area contributed by atoms with Gasteiger partial charge in [0.05, 0.1) is 24.5 Å². The van der Waals surface area contributed by atoms with Gasteiger partial charge in [-0.3, -0.25) is 4.79 Å². The van der Waals surface area contributed by atoms with Crippen molar-refractivity contribution in [1.29, 1.82) is 0 Å². The van der Waals surface area contributed by atoms with Crippen LogP contribution in [0, 0.1) is 0 Å². The average molecular weight is 545 g/mol. The van der Waals surface area contributed by atoms with Gasteiger partial charge in [0.2, 0.25) is 0 Å². The van der Waals surface area contributed by atoms with Crippen LogP contribution in [0.3, 0.4) is 0 Å². The number of carbonyl (C=O) groups is 1. The Labute approximate surface area is 236 Å². The monoisotopic (exact) mass is 544 g/mol. The summed E-state index contributed by atoms with van der Waals surface area (Å²) in [7, 11) is 1.62. The lowest BCUT2D eigenvalue weighted by molar-refractivity contribution is 0.0935. The highest BCUT2D eigenvalue weighted by Gasteiger charge is 2.22. The zero-order valence-electron chi connectivity index (χ0n) is 21.7. The predicted octanol–water partition coefficient (Wildman–Crippen LogP) is 7.24. The zero-order chi connectivity index (χ0) is 27.5. The fourth-order valence-corrected chi connectivity index (χ4v) is 4.87. The molecule has 6 rings (SSSR count). The van der Waals surface area contributed by atoms with E-state index in [0.29, 0.717) is 33.5 Å². The van der Waals surface area contributed by atoms with Gasteiger partial charge in [0.25, 0.3) is 5.91 Å². The quantitative estimate of drug-likeness (QED) is 0.230. The Kier molecular flexibility index (Phi) is 7.00. The second-order valence-electron chi connectivity index (χ2n) is 9.26. The minimum Gasteiger partial charge on any atom is -0.496 e. The van der Waals surface area contributed by atoms with Gasteiger partial charge in [0.1, 0.15) is 11.4 Å². The van der Waals surface area contributed by atoms with Crippen LogP contribution >= 0.6 is 11.6 Å². The number of aromatic nitrogens is 3. The molecule has 196 valence electrons. The molecule has 0 spiro atoms. The molecule has 0 atom stereocenters. The first-order valence-corrected chi connectivity index (χ1v) is 13.2. The number of para-hydroxylation sites is 1. The van der Waals surface area contributed by atoms with Crippen LogP contribution in [0.5, 0.6) is 5.75 Å². The standard InChI is InChI=1S/C33H25ClN4O2/c1-40-30-15-9-8-14-26(30)28-20-29(38-31(35-28)21-27(37-38)22-16-18-25(34)19-17-22)33(39)36-32(23-10-4-2-5-11-23)24-12-6-3-7-13-24/h2-21,32H,1H3,(H,36,39). The van der Waals surface area contributed by atoms with E-state index in [1.807, 2.05) is 115 Å². The number of amides is 1. The maximum absolute atomic E-state index is 14.1. The molecule has 6 nitrogen and oxygen atoms in total. The van der Waals surface area contributed by atoms with Crippen LogP contribution in [-0.4, -0.2) is 27.6 Å². The third-order valence-corrected chi connectivity index (χ3v) is 6.98. The molecule has 0 aliphatic heterocycles. The first-order chi connectivity index (χ1) is 19.6. The summed E-state index contributed by atoms with van der Waals surface area (Å²) in [6.45, 7) is 0. The molecule has 40 heavy (non-hydrogen) atoms. The maximum Gasteiger partial charge on any atom is 0.270 e. The molecule has 0 unspecified atom stereocenters. The molecule has 2 aromatic heterocycles. The number of nitrogens with zero attached hydrogens (tertiary/aromatic N) is 3. The zero-order valence-corrected chi connectivity index (χ0v) is 22.4. The van der Waals surface area contributed by atoms with Gasteiger partial charge in [-0.2, -0.15) is 5.10 Å². The van der Waals surface area contributed by atoms with Crippen LogP contribution in [0.4, 0.5) is 0 Å². The summed E-state index contributed by atoms with van der Waals surface area (Å²) in [6.07, 6.45) is 0. The van der Waals surface area contributed by atoms with Crippen LogP contribution in [0.15, 0.2) is 121 Å². The lowest BCUT2D eigenvalue weighted by Gasteiger charge is -2.20. The molecule has 0 aliphatic carbocycles. The largest absolute Gasteiger partial charge is 0.496 e. The fraction of sp³-hybridized carbons (Fsp3) is 0.0606. The first kappa shape index (κ1) is 25.3. The second kappa shape index (κ2) is 11.0. The van der Waals surface area contributed by atoms with E-state index < -0.39 is 0 Å². The van der Waals surface area contributed by atoms with Crippen molar-refractivity contribution in [1.82, 2.24) is 19.9 Å². The average Bonchev–Trinajstić information content (AvgIpc) is 3.45. The summed E-state index contributed by atoms with van der Waals surface area (Å²) in [5.41, 5.74) is 5.76. The highest BCUT2D eigenvalue weighted by atomic mass is 35.5. The van der Waals surface area contributed by atoms with Gasteiger partial charge in [-0.15, -0.1) is 0 Å². The molecule has 0 bridgehead atoms. The molecule has 0 saturated heterocycles. The lowest BCUT2D eigenvalue weighted by Crippen LogP contribution is -2.31. The SMILES string of the molecule is COc1ccccc1-c1cc(C(=O)NC(c2ccccc2)c2ccccc2)n2nc(-c3ccc(Cl)cc3)cc2n1. The number of nitrogens with one attached hydrogen (secondary N) is 1. The summed E-state index contributed by atoms with van der Waals surface area (Å²) in [6, 6.07) is 38.1. The topological polar surface area (TPSA) is 68.5 Å². The molecular weight excluding hydrogens is 520 g/mol. The molecular formula is C33H25ClN4O2. The number of methoxy groups -OCH3 is 1. The summed E-state index contributed by atoms with van der Waals surface area (Å²) in [5.74, 6) is 0.376. The van der Waals surface area contributed by atoms with E-state index in [1.54, 1.807) is 17.7 Å². The van der Waals surface area contributed by atoms with E-state index in [2.05, 4.69) is 5.32 Å². The Balaban J connectivity index is 1.49. The molecule has 0 aliphatic rings. The third kappa shape index (κ3) is 5.05. The van der Waals surface area contributed by atoms with Crippen LogP contribution in [-0.2, 0) is 0 Å². The minimum absolute atomic E-state index is 0.285. The van der Waals surface area contributed by atoms with E-state index in [-0.39, 0.29) is 11.9 Å². The number of halogens is 1. The predicted molar refractivity (Wildman–Crippen MR) is 158 cm³/mol. The van der Waals surface area contributed by atoms with E-state index in [9.17, 15) is 4.79 Å². The van der Waals surface area contributed by atoms with Gasteiger partial charge in [-0.25, -0.2) is 9.50 Å². The number of ether oxygens (including phenoxy) is 1. The number of benzene rings is 4. The summed E-state index contributed by atoms with van der Waals surface area (Å²) < 4.78 is 7.19. The molecule has 7 heteroatoms. The van der Waals surface area contributed by atoms with Gasteiger partial charge >= 0.3 is 0 Å². The fourth-order valence-electron chi connectivity index (χ4n) is 4.75. The molecule has 6 aromatic rings. The van der Waals surface area contributed by atoms with Crippen molar-refractivity contribution in [2.45, 2.75) is 6.04 Å². The second-order valence-corrected chi connectivity index (χ2v) is 9.70. The number of carbonyl (C=O) groups excluding carboxylic acids is 1. The van der Waals surface area contributed by atoms with Crippen LogP contribution in [0.1, 0.15) is 27.7 Å². The number of rotatable bonds is 7. The summed E-state index contributed by atoms with van der Waals surface area (Å²) in [4.78, 5) is 19.0. The third-order valence-electron chi connectivity index (χ3n) is 6.72. The Morgan fingerprint density at radius 2 is 1.43 bits per heavy atom. The summed E-state index contributed by atoms with van der Waals surface area (Å²) >= 11 is 6.11. The molecule has 2 heterocycles. The molecule has 0 fully saturated rings. The summed E-state index contributed by atoms with van der Waals surface area (Å²) in [5, 5.41) is 8.66. The van der Waals surface area contributed by atoms with Crippen molar-refractivity contribution in [3.05, 3.63) is 143 Å². The number of fused-ring (bicyclic) bond motifs is 1. The molecule has 1 amide bonds. The first-order valence-electron chi connectivity index (χ1n) is 12.8. The number of hydrogen-bond acceptors (Lipinski definition) is 4.